The molecule has 9 heteroatoms. The number of H-pyrrole nitrogens is 1. The first-order valence-corrected chi connectivity index (χ1v) is 7.73. The van der Waals surface area contributed by atoms with E-state index in [1.165, 1.54) is 6.20 Å². The molecule has 0 aliphatic carbocycles. The van der Waals surface area contributed by atoms with E-state index in [4.69, 9.17) is 0 Å². The second-order valence-corrected chi connectivity index (χ2v) is 5.37. The number of aryl methyl sites for hydroxylation is 1. The van der Waals surface area contributed by atoms with Gasteiger partial charge in [0.25, 0.3) is 5.91 Å². The first kappa shape index (κ1) is 16.4. The Bertz CT molecular complexity index is 900. The van der Waals surface area contributed by atoms with E-state index in [9.17, 15) is 14.9 Å². The molecule has 0 aliphatic rings. The Morgan fingerprint density at radius 2 is 2.12 bits per heavy atom. The highest BCUT2D eigenvalue weighted by Crippen LogP contribution is 2.23. The van der Waals surface area contributed by atoms with Gasteiger partial charge in [0.2, 0.25) is 5.69 Å². The third-order valence-corrected chi connectivity index (χ3v) is 3.57. The molecule has 0 unspecified atom stereocenters. The Morgan fingerprint density at radius 3 is 2.80 bits per heavy atom. The van der Waals surface area contributed by atoms with Crippen molar-refractivity contribution in [2.75, 3.05) is 5.32 Å². The molecule has 0 atom stereocenters. The molecular formula is C16H16N6O3. The molecule has 1 amide bonds. The van der Waals surface area contributed by atoms with E-state index in [0.717, 1.165) is 5.69 Å². The minimum atomic E-state index is -0.655. The van der Waals surface area contributed by atoms with Crippen molar-refractivity contribution in [2.24, 2.45) is 0 Å². The largest absolute Gasteiger partial charge is 0.322 e. The van der Waals surface area contributed by atoms with Gasteiger partial charge in [-0.15, -0.1) is 0 Å². The van der Waals surface area contributed by atoms with Crippen LogP contribution in [0.5, 0.6) is 0 Å². The van der Waals surface area contributed by atoms with Crippen LogP contribution in [0.4, 0.5) is 11.4 Å². The van der Waals surface area contributed by atoms with Crippen molar-refractivity contribution in [1.29, 1.82) is 0 Å². The van der Waals surface area contributed by atoms with Gasteiger partial charge in [-0.2, -0.15) is 10.2 Å². The predicted molar refractivity (Wildman–Crippen MR) is 90.8 cm³/mol. The van der Waals surface area contributed by atoms with E-state index < -0.39 is 10.8 Å². The molecule has 128 valence electrons. The number of carbonyl (C=O) groups is 1. The lowest BCUT2D eigenvalue weighted by Gasteiger charge is -2.00. The van der Waals surface area contributed by atoms with E-state index >= 15 is 0 Å². The number of hydrogen-bond acceptors (Lipinski definition) is 5. The number of amides is 1. The molecule has 3 aromatic rings. The zero-order chi connectivity index (χ0) is 17.8. The van der Waals surface area contributed by atoms with Crippen LogP contribution in [0.2, 0.25) is 0 Å². The number of carbonyl (C=O) groups excluding carboxylic acids is 1. The van der Waals surface area contributed by atoms with Gasteiger partial charge < -0.3 is 5.32 Å². The van der Waals surface area contributed by atoms with Crippen molar-refractivity contribution < 1.29 is 9.72 Å². The standard InChI is InChI=1S/C16H16N6O3/c1-2-6-13-15(22(24)25)14(20-19-13)16(23)18-11-9-17-21(10-11)12-7-4-3-5-8-12/h3-5,7-10H,2,6H2,1H3,(H,18,23)(H,19,20). The molecule has 1 aromatic carbocycles. The predicted octanol–water partition coefficient (Wildman–Crippen LogP) is 2.71. The molecule has 2 heterocycles. The molecule has 0 bridgehead atoms. The van der Waals surface area contributed by atoms with Crippen molar-refractivity contribution in [2.45, 2.75) is 19.8 Å². The fourth-order valence-corrected chi connectivity index (χ4v) is 2.45. The van der Waals surface area contributed by atoms with Crippen LogP contribution in [0.1, 0.15) is 29.5 Å². The quantitative estimate of drug-likeness (QED) is 0.528. The molecule has 2 aromatic heterocycles. The number of aromatic nitrogens is 4. The number of nitro groups is 1. The zero-order valence-electron chi connectivity index (χ0n) is 13.5. The first-order chi connectivity index (χ1) is 12.1. The summed E-state index contributed by atoms with van der Waals surface area (Å²) in [6.07, 6.45) is 4.24. The van der Waals surface area contributed by atoms with Crippen LogP contribution in [-0.2, 0) is 6.42 Å². The van der Waals surface area contributed by atoms with E-state index in [1.54, 1.807) is 10.9 Å². The number of aromatic amines is 1. The number of benzene rings is 1. The van der Waals surface area contributed by atoms with Crippen molar-refractivity contribution in [3.63, 3.8) is 0 Å². The molecule has 0 saturated heterocycles. The SMILES string of the molecule is CCCc1[nH]nc(C(=O)Nc2cnn(-c3ccccc3)c2)c1[N+](=O)[O-]. The summed E-state index contributed by atoms with van der Waals surface area (Å²) >= 11 is 0. The van der Waals surface area contributed by atoms with Gasteiger partial charge in [0, 0.05) is 0 Å². The summed E-state index contributed by atoms with van der Waals surface area (Å²) in [5.41, 5.74) is 1.08. The third-order valence-electron chi connectivity index (χ3n) is 3.57. The summed E-state index contributed by atoms with van der Waals surface area (Å²) in [7, 11) is 0. The average molecular weight is 340 g/mol. The Morgan fingerprint density at radius 1 is 1.36 bits per heavy atom. The van der Waals surface area contributed by atoms with Crippen molar-refractivity contribution >= 4 is 17.3 Å². The maximum absolute atomic E-state index is 12.4. The second-order valence-electron chi connectivity index (χ2n) is 5.37. The van der Waals surface area contributed by atoms with E-state index in [2.05, 4.69) is 20.6 Å². The first-order valence-electron chi connectivity index (χ1n) is 7.73. The molecule has 25 heavy (non-hydrogen) atoms. The van der Waals surface area contributed by atoms with Crippen LogP contribution in [0, 0.1) is 10.1 Å². The molecule has 0 saturated carbocycles. The van der Waals surface area contributed by atoms with Gasteiger partial charge >= 0.3 is 5.69 Å². The van der Waals surface area contributed by atoms with Crippen LogP contribution in [0.25, 0.3) is 5.69 Å². The summed E-state index contributed by atoms with van der Waals surface area (Å²) in [5.74, 6) is -0.655. The minimum Gasteiger partial charge on any atom is -0.318 e. The van der Waals surface area contributed by atoms with Gasteiger partial charge in [-0.25, -0.2) is 4.68 Å². The maximum atomic E-state index is 12.4. The normalized spacial score (nSPS) is 10.6. The third kappa shape index (κ3) is 3.39. The average Bonchev–Trinajstić information content (AvgIpc) is 3.23. The molecule has 0 aliphatic heterocycles. The second kappa shape index (κ2) is 6.95. The minimum absolute atomic E-state index is 0.235. The summed E-state index contributed by atoms with van der Waals surface area (Å²) in [6.45, 7) is 1.89. The Hall–Kier alpha value is -3.49. The summed E-state index contributed by atoms with van der Waals surface area (Å²) in [5, 5.41) is 24.4. The summed E-state index contributed by atoms with van der Waals surface area (Å²) in [4.78, 5) is 23.1. The van der Waals surface area contributed by atoms with E-state index in [-0.39, 0.29) is 11.4 Å². The molecule has 9 nitrogen and oxygen atoms in total. The smallest absolute Gasteiger partial charge is 0.318 e. The number of hydrogen-bond donors (Lipinski definition) is 2. The topological polar surface area (TPSA) is 119 Å². The number of nitrogens with one attached hydrogen (secondary N) is 2. The lowest BCUT2D eigenvalue weighted by atomic mass is 10.2. The lowest BCUT2D eigenvalue weighted by Crippen LogP contribution is -2.14. The Kier molecular flexibility index (Phi) is 4.55. The van der Waals surface area contributed by atoms with Gasteiger partial charge in [-0.05, 0) is 18.6 Å². The lowest BCUT2D eigenvalue weighted by molar-refractivity contribution is -0.385. The molecule has 0 spiro atoms. The van der Waals surface area contributed by atoms with Crippen LogP contribution in [0.3, 0.4) is 0 Å². The van der Waals surface area contributed by atoms with Crippen LogP contribution < -0.4 is 5.32 Å². The Labute approximate surface area is 142 Å². The molecule has 0 radical (unpaired) electrons. The van der Waals surface area contributed by atoms with Gasteiger partial charge in [0.15, 0.2) is 0 Å². The summed E-state index contributed by atoms with van der Waals surface area (Å²) < 4.78 is 1.59. The zero-order valence-corrected chi connectivity index (χ0v) is 13.5. The van der Waals surface area contributed by atoms with Gasteiger partial charge in [0.05, 0.1) is 28.7 Å². The number of anilines is 1. The highest BCUT2D eigenvalue weighted by molar-refractivity contribution is 6.05. The van der Waals surface area contributed by atoms with Gasteiger partial charge in [-0.1, -0.05) is 31.5 Å². The summed E-state index contributed by atoms with van der Waals surface area (Å²) in [6, 6.07) is 9.37. The van der Waals surface area contributed by atoms with Crippen molar-refractivity contribution in [3.8, 4) is 5.69 Å². The highest BCUT2D eigenvalue weighted by atomic mass is 16.6. The van der Waals surface area contributed by atoms with Crippen LogP contribution in [-0.4, -0.2) is 30.8 Å². The van der Waals surface area contributed by atoms with Gasteiger partial charge in [-0.3, -0.25) is 20.0 Å². The fourth-order valence-electron chi connectivity index (χ4n) is 2.45. The molecular weight excluding hydrogens is 324 g/mol. The van der Waals surface area contributed by atoms with E-state index in [1.807, 2.05) is 37.3 Å². The highest BCUT2D eigenvalue weighted by Gasteiger charge is 2.28. The van der Waals surface area contributed by atoms with Crippen LogP contribution >= 0.6 is 0 Å². The Balaban J connectivity index is 1.82. The molecule has 3 rings (SSSR count). The molecule has 2 N–H and O–H groups in total. The fraction of sp³-hybridized carbons (Fsp3) is 0.188. The monoisotopic (exact) mass is 340 g/mol. The van der Waals surface area contributed by atoms with Crippen molar-refractivity contribution in [3.05, 3.63) is 64.2 Å². The van der Waals surface area contributed by atoms with Crippen LogP contribution in [0.15, 0.2) is 42.7 Å². The van der Waals surface area contributed by atoms with Crippen molar-refractivity contribution in [1.82, 2.24) is 20.0 Å². The van der Waals surface area contributed by atoms with Gasteiger partial charge in [0.1, 0.15) is 5.69 Å². The maximum Gasteiger partial charge on any atom is 0.322 e. The molecule has 0 fully saturated rings. The number of para-hydroxylation sites is 1. The van der Waals surface area contributed by atoms with E-state index in [0.29, 0.717) is 24.2 Å². The number of nitrogens with zero attached hydrogens (tertiary/aromatic N) is 4. The number of rotatable bonds is 6.